The molecule has 0 unspecified atom stereocenters. The van der Waals surface area contributed by atoms with Crippen molar-refractivity contribution in [1.82, 2.24) is 3.97 Å². The number of aliphatic hydroxyl groups excluding tert-OH is 1. The Labute approximate surface area is 217 Å². The highest BCUT2D eigenvalue weighted by atomic mass is 32.2. The number of hydrogen-bond acceptors (Lipinski definition) is 7. The van der Waals surface area contributed by atoms with Crippen LogP contribution in [0.3, 0.4) is 0 Å². The largest absolute Gasteiger partial charge is 0.495 e. The van der Waals surface area contributed by atoms with Crippen molar-refractivity contribution in [2.24, 2.45) is 0 Å². The molecule has 0 bridgehead atoms. The molecule has 4 rings (SSSR count). The first-order valence-electron chi connectivity index (χ1n) is 11.6. The van der Waals surface area contributed by atoms with Gasteiger partial charge in [0, 0.05) is 17.5 Å². The highest BCUT2D eigenvalue weighted by Crippen LogP contribution is 2.36. The number of benzene rings is 3. The van der Waals surface area contributed by atoms with E-state index in [1.165, 1.54) is 25.4 Å². The van der Waals surface area contributed by atoms with Gasteiger partial charge in [0.15, 0.2) is 0 Å². The molecule has 0 aliphatic heterocycles. The molecule has 0 aliphatic carbocycles. The third kappa shape index (κ3) is 5.28. The van der Waals surface area contributed by atoms with E-state index in [0.717, 1.165) is 15.1 Å². The topological polar surface area (TPSA) is 112 Å². The molecular formula is C27H29NO7S2. The van der Waals surface area contributed by atoms with Gasteiger partial charge in [-0.1, -0.05) is 48.4 Å². The summed E-state index contributed by atoms with van der Waals surface area (Å²) in [7, 11) is -6.53. The Kier molecular flexibility index (Phi) is 7.48. The second-order valence-corrected chi connectivity index (χ2v) is 12.4. The molecule has 0 fully saturated rings. The van der Waals surface area contributed by atoms with Crippen molar-refractivity contribution in [3.05, 3.63) is 89.6 Å². The second-order valence-electron chi connectivity index (χ2n) is 8.96. The number of aryl methyl sites for hydroxylation is 2. The Morgan fingerprint density at radius 1 is 0.838 bits per heavy atom. The fourth-order valence-corrected chi connectivity index (χ4v) is 6.37. The van der Waals surface area contributed by atoms with Gasteiger partial charge in [-0.25, -0.2) is 12.4 Å². The zero-order valence-corrected chi connectivity index (χ0v) is 22.6. The van der Waals surface area contributed by atoms with Crippen LogP contribution < -0.4 is 4.74 Å². The van der Waals surface area contributed by atoms with Crippen LogP contribution in [-0.4, -0.2) is 45.7 Å². The zero-order chi connectivity index (χ0) is 27.0. The quantitative estimate of drug-likeness (QED) is 0.312. The van der Waals surface area contributed by atoms with E-state index in [-0.39, 0.29) is 9.79 Å². The van der Waals surface area contributed by atoms with Crippen molar-refractivity contribution in [2.75, 3.05) is 13.7 Å². The van der Waals surface area contributed by atoms with Gasteiger partial charge in [0.25, 0.3) is 20.1 Å². The van der Waals surface area contributed by atoms with Crippen LogP contribution in [0.4, 0.5) is 0 Å². The average Bonchev–Trinajstić information content (AvgIpc) is 3.33. The van der Waals surface area contributed by atoms with Gasteiger partial charge >= 0.3 is 0 Å². The van der Waals surface area contributed by atoms with Crippen LogP contribution in [0.15, 0.2) is 82.7 Å². The fraction of sp³-hybridized carbons (Fsp3) is 0.259. The van der Waals surface area contributed by atoms with E-state index in [9.17, 15) is 21.9 Å². The van der Waals surface area contributed by atoms with E-state index >= 15 is 0 Å². The number of fused-ring (bicyclic) bond motifs is 1. The van der Waals surface area contributed by atoms with Gasteiger partial charge in [-0.3, -0.25) is 4.18 Å². The van der Waals surface area contributed by atoms with Gasteiger partial charge in [-0.15, -0.1) is 0 Å². The average molecular weight is 544 g/mol. The van der Waals surface area contributed by atoms with Gasteiger partial charge in [0.1, 0.15) is 11.3 Å². The Morgan fingerprint density at radius 3 is 1.97 bits per heavy atom. The first kappa shape index (κ1) is 26.9. The molecule has 0 aliphatic rings. The van der Waals surface area contributed by atoms with Crippen LogP contribution >= 0.6 is 0 Å². The molecule has 0 saturated heterocycles. The molecule has 1 aromatic heterocycles. The summed E-state index contributed by atoms with van der Waals surface area (Å²) in [5.74, 6) is -0.237. The van der Waals surface area contributed by atoms with Crippen molar-refractivity contribution in [1.29, 1.82) is 0 Å². The molecule has 10 heteroatoms. The maximum Gasteiger partial charge on any atom is 0.297 e. The molecule has 0 radical (unpaired) electrons. The summed E-state index contributed by atoms with van der Waals surface area (Å²) in [6.45, 7) is 4.98. The van der Waals surface area contributed by atoms with Crippen molar-refractivity contribution >= 4 is 31.0 Å². The first-order valence-corrected chi connectivity index (χ1v) is 14.4. The molecule has 8 nitrogen and oxygen atoms in total. The molecule has 4 aromatic rings. The monoisotopic (exact) mass is 543 g/mol. The maximum absolute atomic E-state index is 13.4. The molecule has 0 saturated carbocycles. The standard InChI is InChI=1S/C27H29NO7S2/c1-18-5-9-21(10-6-18)36(30,31)28-16-15-24-23(13-14-26(34-4)27(24)28)20(3)25(29)17-35-37(32,33)22-11-7-19(2)8-12-22/h5-16,20,25,29H,17H2,1-4H3/t20-,25-/m0/s1. The van der Waals surface area contributed by atoms with Crippen molar-refractivity contribution in [3.63, 3.8) is 0 Å². The summed E-state index contributed by atoms with van der Waals surface area (Å²) in [4.78, 5) is 0.133. The lowest BCUT2D eigenvalue weighted by Crippen LogP contribution is -2.24. The van der Waals surface area contributed by atoms with Crippen molar-refractivity contribution < 1.29 is 30.9 Å². The molecular weight excluding hydrogens is 514 g/mol. The van der Waals surface area contributed by atoms with Gasteiger partial charge in [-0.05, 0) is 55.8 Å². The minimum absolute atomic E-state index is 0.00294. The third-order valence-corrected chi connectivity index (χ3v) is 9.37. The first-order chi connectivity index (χ1) is 17.5. The van der Waals surface area contributed by atoms with Crippen LogP contribution in [0.2, 0.25) is 0 Å². The minimum Gasteiger partial charge on any atom is -0.495 e. The summed E-state index contributed by atoms with van der Waals surface area (Å²) in [5.41, 5.74) is 2.79. The number of ether oxygens (including phenoxy) is 1. The normalized spacial score (nSPS) is 14.0. The molecule has 0 spiro atoms. The predicted molar refractivity (Wildman–Crippen MR) is 141 cm³/mol. The number of aromatic nitrogens is 1. The summed E-state index contributed by atoms with van der Waals surface area (Å²) < 4.78 is 63.8. The number of aliphatic hydroxyl groups is 1. The summed E-state index contributed by atoms with van der Waals surface area (Å²) in [5, 5.41) is 11.4. The van der Waals surface area contributed by atoms with Crippen LogP contribution in [0.5, 0.6) is 5.75 Å². The minimum atomic E-state index is -4.05. The van der Waals surface area contributed by atoms with Gasteiger partial charge < -0.3 is 9.84 Å². The third-order valence-electron chi connectivity index (χ3n) is 6.38. The summed E-state index contributed by atoms with van der Waals surface area (Å²) >= 11 is 0. The molecule has 0 amide bonds. The lowest BCUT2D eigenvalue weighted by atomic mass is 9.93. The molecule has 2 atom stereocenters. The Hall–Kier alpha value is -3.18. The number of nitrogens with zero attached hydrogens (tertiary/aromatic N) is 1. The summed E-state index contributed by atoms with van der Waals surface area (Å²) in [6, 6.07) is 17.8. The zero-order valence-electron chi connectivity index (χ0n) is 21.0. The van der Waals surface area contributed by atoms with Crippen LogP contribution in [0.1, 0.15) is 29.5 Å². The van der Waals surface area contributed by atoms with Gasteiger partial charge in [-0.2, -0.15) is 8.42 Å². The van der Waals surface area contributed by atoms with E-state index in [1.54, 1.807) is 61.5 Å². The van der Waals surface area contributed by atoms with Crippen molar-refractivity contribution in [3.8, 4) is 5.75 Å². The van der Waals surface area contributed by atoms with Gasteiger partial charge in [0.2, 0.25) is 0 Å². The Bertz CT molecular complexity index is 1620. The number of hydrogen-bond donors (Lipinski definition) is 1. The molecule has 37 heavy (non-hydrogen) atoms. The Balaban J connectivity index is 1.66. The molecule has 1 N–H and O–H groups in total. The smallest absolute Gasteiger partial charge is 0.297 e. The molecule has 1 heterocycles. The van der Waals surface area contributed by atoms with E-state index in [1.807, 2.05) is 13.8 Å². The molecule has 196 valence electrons. The summed E-state index contributed by atoms with van der Waals surface area (Å²) in [6.07, 6.45) is 0.262. The number of methoxy groups -OCH3 is 1. The van der Waals surface area contributed by atoms with Crippen LogP contribution in [-0.2, 0) is 24.3 Å². The second kappa shape index (κ2) is 10.3. The fourth-order valence-electron chi connectivity index (χ4n) is 4.09. The molecule has 3 aromatic carbocycles. The van der Waals surface area contributed by atoms with E-state index < -0.39 is 38.8 Å². The SMILES string of the molecule is COc1ccc([C@H](C)[C@@H](O)COS(=O)(=O)c2ccc(C)cc2)c2ccn(S(=O)(=O)c3ccc(C)cc3)c12. The predicted octanol–water partition coefficient (Wildman–Crippen LogP) is 4.37. The number of rotatable bonds is 9. The van der Waals surface area contributed by atoms with E-state index in [4.69, 9.17) is 8.92 Å². The highest BCUT2D eigenvalue weighted by Gasteiger charge is 2.27. The maximum atomic E-state index is 13.4. The van der Waals surface area contributed by atoms with Gasteiger partial charge in [0.05, 0.1) is 29.6 Å². The van der Waals surface area contributed by atoms with Crippen LogP contribution in [0.25, 0.3) is 10.9 Å². The lowest BCUT2D eigenvalue weighted by Gasteiger charge is -2.21. The lowest BCUT2D eigenvalue weighted by molar-refractivity contribution is 0.0916. The Morgan fingerprint density at radius 2 is 1.41 bits per heavy atom. The highest BCUT2D eigenvalue weighted by molar-refractivity contribution is 7.90. The van der Waals surface area contributed by atoms with E-state index in [2.05, 4.69) is 0 Å². The van der Waals surface area contributed by atoms with Crippen LogP contribution in [0, 0.1) is 13.8 Å². The van der Waals surface area contributed by atoms with Crippen molar-refractivity contribution in [2.45, 2.75) is 42.6 Å². The van der Waals surface area contributed by atoms with E-state index in [0.29, 0.717) is 22.2 Å².